The molecule has 2 rings (SSSR count). The number of aromatic carboxylic acids is 1. The first-order valence-corrected chi connectivity index (χ1v) is 6.36. The first-order chi connectivity index (χ1) is 9.47. The standard InChI is InChI=1S/C15H16N2O3/c1-9-4-3-5-11(8-9)6-7-12-16-10(2)13(15(19)20)14(18)17-12/h3-5,8H,6-7H2,1-2H3,(H,19,20)(H,16,17,18). The maximum Gasteiger partial charge on any atom is 0.343 e. The van der Waals surface area contributed by atoms with E-state index in [1.165, 1.54) is 12.5 Å². The van der Waals surface area contributed by atoms with Crippen LogP contribution in [0.3, 0.4) is 0 Å². The molecule has 2 N–H and O–H groups in total. The quantitative estimate of drug-likeness (QED) is 0.890. The van der Waals surface area contributed by atoms with E-state index >= 15 is 0 Å². The number of rotatable bonds is 4. The van der Waals surface area contributed by atoms with Gasteiger partial charge in [-0.25, -0.2) is 9.78 Å². The van der Waals surface area contributed by atoms with Crippen molar-refractivity contribution >= 4 is 5.97 Å². The number of nitrogens with zero attached hydrogens (tertiary/aromatic N) is 1. The van der Waals surface area contributed by atoms with Crippen LogP contribution >= 0.6 is 0 Å². The Morgan fingerprint density at radius 3 is 2.65 bits per heavy atom. The lowest BCUT2D eigenvalue weighted by Gasteiger charge is -2.05. The van der Waals surface area contributed by atoms with Crippen molar-refractivity contribution in [3.05, 3.63) is 62.8 Å². The van der Waals surface area contributed by atoms with Gasteiger partial charge in [-0.05, 0) is 25.8 Å². The van der Waals surface area contributed by atoms with Crippen molar-refractivity contribution in [2.75, 3.05) is 0 Å². The zero-order chi connectivity index (χ0) is 14.7. The fraction of sp³-hybridized carbons (Fsp3) is 0.267. The molecule has 1 aromatic carbocycles. The van der Waals surface area contributed by atoms with Crippen LogP contribution in [0.2, 0.25) is 0 Å². The van der Waals surface area contributed by atoms with Crippen molar-refractivity contribution in [3.63, 3.8) is 0 Å². The topological polar surface area (TPSA) is 83.0 Å². The minimum atomic E-state index is -1.25. The van der Waals surface area contributed by atoms with E-state index in [-0.39, 0.29) is 11.3 Å². The van der Waals surface area contributed by atoms with Gasteiger partial charge in [0.05, 0.1) is 5.69 Å². The summed E-state index contributed by atoms with van der Waals surface area (Å²) < 4.78 is 0. The molecule has 0 atom stereocenters. The van der Waals surface area contributed by atoms with Gasteiger partial charge >= 0.3 is 5.97 Å². The van der Waals surface area contributed by atoms with E-state index in [4.69, 9.17) is 5.11 Å². The third kappa shape index (κ3) is 3.12. The summed E-state index contributed by atoms with van der Waals surface area (Å²) in [5.41, 5.74) is 1.71. The van der Waals surface area contributed by atoms with E-state index in [0.717, 1.165) is 12.0 Å². The molecular weight excluding hydrogens is 256 g/mol. The lowest BCUT2D eigenvalue weighted by Crippen LogP contribution is -2.23. The molecule has 0 radical (unpaired) electrons. The maximum atomic E-state index is 11.7. The summed E-state index contributed by atoms with van der Waals surface area (Å²) in [6.07, 6.45) is 1.32. The van der Waals surface area contributed by atoms with Gasteiger partial charge in [0, 0.05) is 6.42 Å². The molecule has 0 spiro atoms. The van der Waals surface area contributed by atoms with E-state index in [9.17, 15) is 9.59 Å². The first kappa shape index (κ1) is 14.0. The van der Waals surface area contributed by atoms with Crippen LogP contribution in [0.25, 0.3) is 0 Å². The van der Waals surface area contributed by atoms with Gasteiger partial charge in [0.1, 0.15) is 11.4 Å². The predicted molar refractivity (Wildman–Crippen MR) is 75.1 cm³/mol. The summed E-state index contributed by atoms with van der Waals surface area (Å²) in [5.74, 6) is -0.736. The minimum Gasteiger partial charge on any atom is -0.477 e. The van der Waals surface area contributed by atoms with E-state index < -0.39 is 11.5 Å². The number of benzene rings is 1. The van der Waals surface area contributed by atoms with Crippen molar-refractivity contribution in [2.45, 2.75) is 26.7 Å². The summed E-state index contributed by atoms with van der Waals surface area (Å²) in [5, 5.41) is 8.92. The largest absolute Gasteiger partial charge is 0.477 e. The van der Waals surface area contributed by atoms with Crippen LogP contribution in [-0.2, 0) is 12.8 Å². The highest BCUT2D eigenvalue weighted by Crippen LogP contribution is 2.07. The normalized spacial score (nSPS) is 10.5. The number of H-pyrrole nitrogens is 1. The monoisotopic (exact) mass is 272 g/mol. The van der Waals surface area contributed by atoms with E-state index in [0.29, 0.717) is 12.2 Å². The summed E-state index contributed by atoms with van der Waals surface area (Å²) in [6, 6.07) is 8.11. The molecule has 0 aliphatic heterocycles. The molecule has 5 heteroatoms. The number of hydrogen-bond donors (Lipinski definition) is 2. The van der Waals surface area contributed by atoms with Crippen molar-refractivity contribution in [2.24, 2.45) is 0 Å². The van der Waals surface area contributed by atoms with Gasteiger partial charge in [0.25, 0.3) is 5.56 Å². The SMILES string of the molecule is Cc1cccc(CCc2nc(C)c(C(=O)O)c(=O)[nH]2)c1. The second kappa shape index (κ2) is 5.69. The Balaban J connectivity index is 2.19. The van der Waals surface area contributed by atoms with Crippen molar-refractivity contribution < 1.29 is 9.90 Å². The molecule has 0 aliphatic rings. The predicted octanol–water partition coefficient (Wildman–Crippen LogP) is 1.87. The van der Waals surface area contributed by atoms with Crippen LogP contribution in [0.1, 0.15) is 33.0 Å². The molecule has 1 aromatic heterocycles. The molecule has 1 heterocycles. The van der Waals surface area contributed by atoms with E-state index in [1.807, 2.05) is 25.1 Å². The Kier molecular flexibility index (Phi) is 3.98. The summed E-state index contributed by atoms with van der Waals surface area (Å²) in [6.45, 7) is 3.56. The zero-order valence-corrected chi connectivity index (χ0v) is 11.4. The Morgan fingerprint density at radius 2 is 2.05 bits per heavy atom. The molecule has 104 valence electrons. The smallest absolute Gasteiger partial charge is 0.343 e. The molecule has 0 fully saturated rings. The van der Waals surface area contributed by atoms with Crippen LogP contribution < -0.4 is 5.56 Å². The van der Waals surface area contributed by atoms with Crippen molar-refractivity contribution in [1.29, 1.82) is 0 Å². The van der Waals surface area contributed by atoms with Gasteiger partial charge in [-0.1, -0.05) is 29.8 Å². The van der Waals surface area contributed by atoms with Crippen LogP contribution in [0, 0.1) is 13.8 Å². The Hall–Kier alpha value is -2.43. The highest BCUT2D eigenvalue weighted by atomic mass is 16.4. The summed E-state index contributed by atoms with van der Waals surface area (Å²) in [4.78, 5) is 29.3. The van der Waals surface area contributed by atoms with E-state index in [2.05, 4.69) is 16.0 Å². The van der Waals surface area contributed by atoms with Gasteiger partial charge in [0.15, 0.2) is 0 Å². The van der Waals surface area contributed by atoms with Gasteiger partial charge in [0.2, 0.25) is 0 Å². The highest BCUT2D eigenvalue weighted by Gasteiger charge is 2.14. The van der Waals surface area contributed by atoms with Crippen LogP contribution in [-0.4, -0.2) is 21.0 Å². The lowest BCUT2D eigenvalue weighted by atomic mass is 10.1. The molecule has 0 unspecified atom stereocenters. The number of nitrogens with one attached hydrogen (secondary N) is 1. The van der Waals surface area contributed by atoms with Crippen molar-refractivity contribution in [3.8, 4) is 0 Å². The zero-order valence-electron chi connectivity index (χ0n) is 11.4. The van der Waals surface area contributed by atoms with Crippen LogP contribution in [0.5, 0.6) is 0 Å². The number of aromatic amines is 1. The molecule has 0 bridgehead atoms. The lowest BCUT2D eigenvalue weighted by molar-refractivity contribution is 0.0693. The number of aryl methyl sites for hydroxylation is 4. The average molecular weight is 272 g/mol. The molecule has 0 saturated heterocycles. The molecular formula is C15H16N2O3. The van der Waals surface area contributed by atoms with Gasteiger partial charge in [-0.2, -0.15) is 0 Å². The number of carboxylic acids is 1. The summed E-state index contributed by atoms with van der Waals surface area (Å²) >= 11 is 0. The summed E-state index contributed by atoms with van der Waals surface area (Å²) in [7, 11) is 0. The van der Waals surface area contributed by atoms with E-state index in [1.54, 1.807) is 0 Å². The molecule has 20 heavy (non-hydrogen) atoms. The first-order valence-electron chi connectivity index (χ1n) is 6.36. The number of carbonyl (C=O) groups is 1. The molecule has 0 aliphatic carbocycles. The minimum absolute atomic E-state index is 0.250. The Bertz CT molecular complexity index is 705. The number of hydrogen-bond acceptors (Lipinski definition) is 3. The van der Waals surface area contributed by atoms with Gasteiger partial charge < -0.3 is 10.1 Å². The van der Waals surface area contributed by atoms with Crippen molar-refractivity contribution in [1.82, 2.24) is 9.97 Å². The fourth-order valence-electron chi connectivity index (χ4n) is 2.14. The molecule has 2 aromatic rings. The Labute approximate surface area is 116 Å². The van der Waals surface area contributed by atoms with Crippen LogP contribution in [0.15, 0.2) is 29.1 Å². The van der Waals surface area contributed by atoms with Gasteiger partial charge in [-0.15, -0.1) is 0 Å². The van der Waals surface area contributed by atoms with Gasteiger partial charge in [-0.3, -0.25) is 4.79 Å². The second-order valence-electron chi connectivity index (χ2n) is 4.77. The van der Waals surface area contributed by atoms with Crippen LogP contribution in [0.4, 0.5) is 0 Å². The third-order valence-corrected chi connectivity index (χ3v) is 3.10. The second-order valence-corrected chi connectivity index (χ2v) is 4.77. The highest BCUT2D eigenvalue weighted by molar-refractivity contribution is 5.88. The molecule has 0 saturated carbocycles. The third-order valence-electron chi connectivity index (χ3n) is 3.10. The molecule has 0 amide bonds. The Morgan fingerprint density at radius 1 is 1.30 bits per heavy atom. The average Bonchev–Trinajstić information content (AvgIpc) is 2.35. The maximum absolute atomic E-state index is 11.7. The fourth-order valence-corrected chi connectivity index (χ4v) is 2.14. The molecule has 5 nitrogen and oxygen atoms in total. The number of carboxylic acid groups (broad SMARTS) is 1. The number of aromatic nitrogens is 2.